The molecule has 2 nitrogen and oxygen atoms in total. The molecule has 2 heteroatoms. The van der Waals surface area contributed by atoms with Gasteiger partial charge >= 0.3 is 0 Å². The van der Waals surface area contributed by atoms with Crippen LogP contribution in [0.25, 0.3) is 0 Å². The molecule has 0 radical (unpaired) electrons. The molecule has 0 saturated heterocycles. The van der Waals surface area contributed by atoms with Crippen LogP contribution in [0.5, 0.6) is 5.75 Å². The third-order valence-electron chi connectivity index (χ3n) is 2.63. The summed E-state index contributed by atoms with van der Waals surface area (Å²) in [6.45, 7) is 2.66. The Balaban J connectivity index is 2.04. The predicted octanol–water partition coefficient (Wildman–Crippen LogP) is 2.39. The van der Waals surface area contributed by atoms with Crippen molar-refractivity contribution in [3.63, 3.8) is 0 Å². The molecule has 2 rings (SSSR count). The molecule has 0 bridgehead atoms. The summed E-state index contributed by atoms with van der Waals surface area (Å²) in [6.07, 6.45) is 2.07. The normalized spacial score (nSPS) is 24.4. The van der Waals surface area contributed by atoms with Crippen molar-refractivity contribution in [2.45, 2.75) is 19.3 Å². The molecule has 14 heavy (non-hydrogen) atoms. The van der Waals surface area contributed by atoms with E-state index in [9.17, 15) is 4.79 Å². The van der Waals surface area contributed by atoms with Crippen molar-refractivity contribution in [3.05, 3.63) is 29.8 Å². The first-order chi connectivity index (χ1) is 6.85. The third-order valence-corrected chi connectivity index (χ3v) is 2.63. The molecule has 1 aromatic rings. The highest BCUT2D eigenvalue weighted by molar-refractivity contribution is 5.61. The van der Waals surface area contributed by atoms with Crippen LogP contribution in [0.3, 0.4) is 0 Å². The van der Waals surface area contributed by atoms with E-state index in [1.807, 2.05) is 19.1 Å². The zero-order valence-electron chi connectivity index (χ0n) is 8.27. The van der Waals surface area contributed by atoms with Crippen LogP contribution in [0.15, 0.2) is 24.3 Å². The number of ether oxygens (including phenoxy) is 1. The van der Waals surface area contributed by atoms with Gasteiger partial charge in [-0.05, 0) is 37.0 Å². The molecule has 0 heterocycles. The van der Waals surface area contributed by atoms with Crippen LogP contribution < -0.4 is 4.74 Å². The second kappa shape index (κ2) is 3.82. The molecule has 1 aliphatic carbocycles. The van der Waals surface area contributed by atoms with E-state index < -0.39 is 0 Å². The van der Waals surface area contributed by atoms with Crippen molar-refractivity contribution in [2.75, 3.05) is 6.61 Å². The van der Waals surface area contributed by atoms with Gasteiger partial charge in [-0.2, -0.15) is 0 Å². The van der Waals surface area contributed by atoms with Gasteiger partial charge in [-0.15, -0.1) is 0 Å². The van der Waals surface area contributed by atoms with Crippen LogP contribution in [0.1, 0.15) is 24.8 Å². The molecule has 0 amide bonds. The lowest BCUT2D eigenvalue weighted by molar-refractivity contribution is -0.108. The molecule has 1 aliphatic rings. The zero-order chi connectivity index (χ0) is 9.97. The van der Waals surface area contributed by atoms with E-state index in [-0.39, 0.29) is 5.92 Å². The summed E-state index contributed by atoms with van der Waals surface area (Å²) in [7, 11) is 0. The molecule has 0 spiro atoms. The highest BCUT2D eigenvalue weighted by Gasteiger charge is 2.37. The Hall–Kier alpha value is -1.31. The van der Waals surface area contributed by atoms with Crippen LogP contribution in [0.2, 0.25) is 0 Å². The van der Waals surface area contributed by atoms with Gasteiger partial charge in [0.2, 0.25) is 0 Å². The van der Waals surface area contributed by atoms with Gasteiger partial charge in [-0.1, -0.05) is 12.1 Å². The fraction of sp³-hybridized carbons (Fsp3) is 0.417. The van der Waals surface area contributed by atoms with Crippen LogP contribution in [-0.4, -0.2) is 12.9 Å². The molecule has 0 aromatic heterocycles. The summed E-state index contributed by atoms with van der Waals surface area (Å²) in [5.41, 5.74) is 1.26. The SMILES string of the molecule is CCOc1ccc([C@@H]2C[C@@H]2C=O)cc1. The van der Waals surface area contributed by atoms with Crippen molar-refractivity contribution >= 4 is 6.29 Å². The maximum atomic E-state index is 10.5. The van der Waals surface area contributed by atoms with Crippen molar-refractivity contribution in [2.24, 2.45) is 5.92 Å². The van der Waals surface area contributed by atoms with Crippen LogP contribution in [-0.2, 0) is 4.79 Å². The topological polar surface area (TPSA) is 26.3 Å². The summed E-state index contributed by atoms with van der Waals surface area (Å²) >= 11 is 0. The lowest BCUT2D eigenvalue weighted by Gasteiger charge is -2.03. The predicted molar refractivity (Wildman–Crippen MR) is 54.5 cm³/mol. The molecule has 0 aliphatic heterocycles. The van der Waals surface area contributed by atoms with Crippen molar-refractivity contribution in [3.8, 4) is 5.75 Å². The van der Waals surface area contributed by atoms with Crippen LogP contribution >= 0.6 is 0 Å². The quantitative estimate of drug-likeness (QED) is 0.681. The van der Waals surface area contributed by atoms with Crippen LogP contribution in [0, 0.1) is 5.92 Å². The van der Waals surface area contributed by atoms with Crippen molar-refractivity contribution < 1.29 is 9.53 Å². The van der Waals surface area contributed by atoms with E-state index in [0.717, 1.165) is 18.5 Å². The maximum absolute atomic E-state index is 10.5. The number of aldehydes is 1. The molecule has 74 valence electrons. The summed E-state index contributed by atoms with van der Waals surface area (Å²) in [6, 6.07) is 8.05. The molecule has 1 aromatic carbocycles. The lowest BCUT2D eigenvalue weighted by atomic mass is 10.1. The lowest BCUT2D eigenvalue weighted by Crippen LogP contribution is -1.91. The van der Waals surface area contributed by atoms with E-state index in [4.69, 9.17) is 4.74 Å². The smallest absolute Gasteiger partial charge is 0.123 e. The minimum atomic E-state index is 0.257. The Labute approximate surface area is 83.9 Å². The highest BCUT2D eigenvalue weighted by Crippen LogP contribution is 2.46. The van der Waals surface area contributed by atoms with Gasteiger partial charge in [0.15, 0.2) is 0 Å². The number of carbonyl (C=O) groups excluding carboxylic acids is 1. The van der Waals surface area contributed by atoms with Crippen LogP contribution in [0.4, 0.5) is 0 Å². The average molecular weight is 190 g/mol. The van der Waals surface area contributed by atoms with Gasteiger partial charge in [0, 0.05) is 5.92 Å². The Morgan fingerprint density at radius 3 is 2.64 bits per heavy atom. The Morgan fingerprint density at radius 1 is 1.43 bits per heavy atom. The standard InChI is InChI=1S/C12H14O2/c1-2-14-11-5-3-9(4-6-11)12-7-10(12)8-13/h3-6,8,10,12H,2,7H2,1H3/t10-,12+/m1/s1. The molecule has 0 N–H and O–H groups in total. The molecule has 0 unspecified atom stereocenters. The largest absolute Gasteiger partial charge is 0.494 e. The fourth-order valence-corrected chi connectivity index (χ4v) is 1.73. The van der Waals surface area contributed by atoms with Gasteiger partial charge in [0.1, 0.15) is 12.0 Å². The summed E-state index contributed by atoms with van der Waals surface area (Å²) in [4.78, 5) is 10.5. The van der Waals surface area contributed by atoms with Gasteiger partial charge in [-0.3, -0.25) is 0 Å². The molecule has 1 fully saturated rings. The second-order valence-corrected chi connectivity index (χ2v) is 3.64. The maximum Gasteiger partial charge on any atom is 0.123 e. The number of rotatable bonds is 4. The van der Waals surface area contributed by atoms with E-state index >= 15 is 0 Å². The first kappa shape index (κ1) is 9.25. The average Bonchev–Trinajstić information content (AvgIpc) is 2.99. The van der Waals surface area contributed by atoms with E-state index in [0.29, 0.717) is 12.5 Å². The van der Waals surface area contributed by atoms with Gasteiger partial charge in [-0.25, -0.2) is 0 Å². The Bertz CT molecular complexity index is 316. The summed E-state index contributed by atoms with van der Waals surface area (Å²) in [5, 5.41) is 0. The molecular weight excluding hydrogens is 176 g/mol. The zero-order valence-corrected chi connectivity index (χ0v) is 8.27. The van der Waals surface area contributed by atoms with Gasteiger partial charge in [0.05, 0.1) is 6.61 Å². The van der Waals surface area contributed by atoms with E-state index in [1.54, 1.807) is 0 Å². The van der Waals surface area contributed by atoms with Crippen molar-refractivity contribution in [1.82, 2.24) is 0 Å². The first-order valence-electron chi connectivity index (χ1n) is 5.03. The monoisotopic (exact) mass is 190 g/mol. The van der Waals surface area contributed by atoms with Gasteiger partial charge in [0.25, 0.3) is 0 Å². The Morgan fingerprint density at radius 2 is 2.14 bits per heavy atom. The van der Waals surface area contributed by atoms with E-state index in [2.05, 4.69) is 12.1 Å². The van der Waals surface area contributed by atoms with Gasteiger partial charge < -0.3 is 9.53 Å². The Kier molecular flexibility index (Phi) is 2.53. The van der Waals surface area contributed by atoms with Crippen molar-refractivity contribution in [1.29, 1.82) is 0 Å². The number of hydrogen-bond acceptors (Lipinski definition) is 2. The number of carbonyl (C=O) groups is 1. The molecule has 1 saturated carbocycles. The molecule has 2 atom stereocenters. The van der Waals surface area contributed by atoms with E-state index in [1.165, 1.54) is 5.56 Å². The molecular formula is C12H14O2. The number of benzene rings is 1. The summed E-state index contributed by atoms with van der Waals surface area (Å²) < 4.78 is 5.34. The first-order valence-corrected chi connectivity index (χ1v) is 5.03. The minimum absolute atomic E-state index is 0.257. The minimum Gasteiger partial charge on any atom is -0.494 e. The fourth-order valence-electron chi connectivity index (χ4n) is 1.73. The summed E-state index contributed by atoms with van der Waals surface area (Å²) in [5.74, 6) is 1.62. The second-order valence-electron chi connectivity index (χ2n) is 3.64. The highest BCUT2D eigenvalue weighted by atomic mass is 16.5. The number of hydrogen-bond donors (Lipinski definition) is 0. The third kappa shape index (κ3) is 1.79.